The summed E-state index contributed by atoms with van der Waals surface area (Å²) in [5.41, 5.74) is 16.6. The summed E-state index contributed by atoms with van der Waals surface area (Å²) in [6.45, 7) is 1.94. The summed E-state index contributed by atoms with van der Waals surface area (Å²) in [7, 11) is 5.72. The lowest BCUT2D eigenvalue weighted by molar-refractivity contribution is 0.401. The Hall–Kier alpha value is -2.86. The van der Waals surface area contributed by atoms with Gasteiger partial charge in [-0.05, 0) is 25.1 Å². The van der Waals surface area contributed by atoms with Gasteiger partial charge in [-0.25, -0.2) is 4.98 Å². The summed E-state index contributed by atoms with van der Waals surface area (Å²) < 4.78 is 2.06. The summed E-state index contributed by atoms with van der Waals surface area (Å²) >= 11 is 0. The number of aliphatic imine (C=N–C) groups is 1. The fourth-order valence-electron chi connectivity index (χ4n) is 2.92. The lowest BCUT2D eigenvalue weighted by Gasteiger charge is -2.25. The average Bonchev–Trinajstić information content (AvgIpc) is 2.92. The van der Waals surface area contributed by atoms with Gasteiger partial charge in [-0.3, -0.25) is 4.99 Å². The van der Waals surface area contributed by atoms with E-state index in [4.69, 9.17) is 16.5 Å². The molecule has 130 valence electrons. The molecule has 6 nitrogen and oxygen atoms in total. The summed E-state index contributed by atoms with van der Waals surface area (Å²) in [4.78, 5) is 11.1. The van der Waals surface area contributed by atoms with E-state index in [0.717, 1.165) is 39.5 Å². The molecule has 1 heterocycles. The van der Waals surface area contributed by atoms with Crippen molar-refractivity contribution in [3.05, 3.63) is 48.0 Å². The van der Waals surface area contributed by atoms with E-state index in [2.05, 4.69) is 21.7 Å². The van der Waals surface area contributed by atoms with Gasteiger partial charge in [0, 0.05) is 38.0 Å². The van der Waals surface area contributed by atoms with Crippen molar-refractivity contribution in [3.63, 3.8) is 0 Å². The molecule has 25 heavy (non-hydrogen) atoms. The molecule has 6 heteroatoms. The molecule has 0 aliphatic rings. The SMILES string of the molecule is C/N=C(/c1ccc(-c2nc3ccc(N)cc3n2C)cc1)N(C)C(C)N. The first kappa shape index (κ1) is 17.0. The Morgan fingerprint density at radius 1 is 1.20 bits per heavy atom. The molecule has 0 amide bonds. The van der Waals surface area contributed by atoms with Gasteiger partial charge in [-0.2, -0.15) is 0 Å². The molecule has 0 aliphatic heterocycles. The quantitative estimate of drug-likeness (QED) is 0.333. The zero-order valence-corrected chi connectivity index (χ0v) is 15.1. The normalized spacial score (nSPS) is 13.2. The second-order valence-electron chi connectivity index (χ2n) is 6.22. The third-order valence-electron chi connectivity index (χ3n) is 4.46. The van der Waals surface area contributed by atoms with Gasteiger partial charge in [0.1, 0.15) is 11.7 Å². The lowest BCUT2D eigenvalue weighted by Crippen LogP contribution is -2.41. The van der Waals surface area contributed by atoms with Gasteiger partial charge in [0.15, 0.2) is 0 Å². The van der Waals surface area contributed by atoms with Gasteiger partial charge >= 0.3 is 0 Å². The number of fused-ring (bicyclic) bond motifs is 1. The van der Waals surface area contributed by atoms with Crippen LogP contribution in [-0.4, -0.2) is 40.5 Å². The number of benzene rings is 2. The highest BCUT2D eigenvalue weighted by atomic mass is 15.2. The summed E-state index contributed by atoms with van der Waals surface area (Å²) in [5.74, 6) is 1.77. The van der Waals surface area contributed by atoms with Gasteiger partial charge in [0.2, 0.25) is 0 Å². The van der Waals surface area contributed by atoms with Crippen molar-refractivity contribution in [3.8, 4) is 11.4 Å². The molecule has 0 radical (unpaired) electrons. The van der Waals surface area contributed by atoms with Gasteiger partial charge < -0.3 is 20.9 Å². The van der Waals surface area contributed by atoms with Crippen molar-refractivity contribution < 1.29 is 0 Å². The predicted octanol–water partition coefficient (Wildman–Crippen LogP) is 2.44. The molecule has 3 rings (SSSR count). The highest BCUT2D eigenvalue weighted by molar-refractivity contribution is 5.99. The fraction of sp³-hybridized carbons (Fsp3) is 0.263. The zero-order chi connectivity index (χ0) is 18.1. The minimum atomic E-state index is -0.108. The molecule has 4 N–H and O–H groups in total. The van der Waals surface area contributed by atoms with E-state index in [1.807, 2.05) is 56.3 Å². The number of aryl methyl sites for hydroxylation is 1. The number of amidine groups is 1. The number of hydrogen-bond acceptors (Lipinski definition) is 4. The van der Waals surface area contributed by atoms with Crippen LogP contribution in [-0.2, 0) is 7.05 Å². The van der Waals surface area contributed by atoms with Crippen LogP contribution in [0.25, 0.3) is 22.4 Å². The van der Waals surface area contributed by atoms with Crippen LogP contribution in [0.5, 0.6) is 0 Å². The number of hydrogen-bond donors (Lipinski definition) is 2. The number of nitrogens with two attached hydrogens (primary N) is 2. The van der Waals surface area contributed by atoms with E-state index in [1.165, 1.54) is 0 Å². The summed E-state index contributed by atoms with van der Waals surface area (Å²) in [6.07, 6.45) is -0.108. The van der Waals surface area contributed by atoms with Crippen LogP contribution in [0.2, 0.25) is 0 Å². The third-order valence-corrected chi connectivity index (χ3v) is 4.46. The Bertz CT molecular complexity index is 921. The Morgan fingerprint density at radius 3 is 2.48 bits per heavy atom. The van der Waals surface area contributed by atoms with Gasteiger partial charge in [-0.1, -0.05) is 24.3 Å². The molecular weight excluding hydrogens is 312 g/mol. The Balaban J connectivity index is 1.99. The number of rotatable bonds is 3. The van der Waals surface area contributed by atoms with Crippen molar-refractivity contribution in [1.29, 1.82) is 0 Å². The van der Waals surface area contributed by atoms with Gasteiger partial charge in [-0.15, -0.1) is 0 Å². The maximum absolute atomic E-state index is 5.97. The molecular formula is C19H24N6. The molecule has 2 aromatic carbocycles. The van der Waals surface area contributed by atoms with Crippen molar-refractivity contribution in [1.82, 2.24) is 14.5 Å². The molecule has 0 fully saturated rings. The van der Waals surface area contributed by atoms with Crippen LogP contribution in [0.1, 0.15) is 12.5 Å². The topological polar surface area (TPSA) is 85.5 Å². The Morgan fingerprint density at radius 2 is 1.88 bits per heavy atom. The van der Waals surface area contributed by atoms with Crippen LogP contribution < -0.4 is 11.5 Å². The third kappa shape index (κ3) is 3.08. The van der Waals surface area contributed by atoms with Crippen LogP contribution in [0.3, 0.4) is 0 Å². The van der Waals surface area contributed by atoms with Crippen LogP contribution in [0.4, 0.5) is 5.69 Å². The van der Waals surface area contributed by atoms with Crippen molar-refractivity contribution >= 4 is 22.6 Å². The van der Waals surface area contributed by atoms with Crippen LogP contribution in [0.15, 0.2) is 47.5 Å². The van der Waals surface area contributed by atoms with E-state index in [-0.39, 0.29) is 6.17 Å². The molecule has 0 spiro atoms. The monoisotopic (exact) mass is 336 g/mol. The molecule has 0 saturated carbocycles. The number of anilines is 1. The smallest absolute Gasteiger partial charge is 0.140 e. The molecule has 1 unspecified atom stereocenters. The maximum atomic E-state index is 5.97. The highest BCUT2D eigenvalue weighted by Crippen LogP contribution is 2.25. The first-order chi connectivity index (χ1) is 11.9. The molecule has 0 bridgehead atoms. The standard InChI is InChI=1S/C19H24N6/c1-12(20)24(3)18(22-2)13-5-7-14(8-6-13)19-23-16-10-9-15(21)11-17(16)25(19)4/h5-12H,20-21H2,1-4H3/b22-18-. The maximum Gasteiger partial charge on any atom is 0.140 e. The Labute approximate surface area is 147 Å². The van der Waals surface area contributed by atoms with Crippen molar-refractivity contribution in [2.24, 2.45) is 17.8 Å². The fourth-order valence-corrected chi connectivity index (χ4v) is 2.92. The summed E-state index contributed by atoms with van der Waals surface area (Å²) in [5, 5.41) is 0. The average molecular weight is 336 g/mol. The Kier molecular flexibility index (Phi) is 4.46. The van der Waals surface area contributed by atoms with Crippen LogP contribution >= 0.6 is 0 Å². The first-order valence-electron chi connectivity index (χ1n) is 8.20. The lowest BCUT2D eigenvalue weighted by atomic mass is 10.1. The van der Waals surface area contributed by atoms with E-state index < -0.39 is 0 Å². The minimum Gasteiger partial charge on any atom is -0.399 e. The largest absolute Gasteiger partial charge is 0.399 e. The van der Waals surface area contributed by atoms with E-state index >= 15 is 0 Å². The molecule has 1 atom stereocenters. The van der Waals surface area contributed by atoms with E-state index in [1.54, 1.807) is 7.05 Å². The number of nitrogens with zero attached hydrogens (tertiary/aromatic N) is 4. The van der Waals surface area contributed by atoms with Crippen molar-refractivity contribution in [2.45, 2.75) is 13.1 Å². The number of imidazole rings is 1. The first-order valence-corrected chi connectivity index (χ1v) is 8.20. The minimum absolute atomic E-state index is 0.108. The molecule has 0 aliphatic carbocycles. The predicted molar refractivity (Wildman–Crippen MR) is 104 cm³/mol. The van der Waals surface area contributed by atoms with E-state index in [9.17, 15) is 0 Å². The van der Waals surface area contributed by atoms with E-state index in [0.29, 0.717) is 0 Å². The zero-order valence-electron chi connectivity index (χ0n) is 15.1. The second-order valence-corrected chi connectivity index (χ2v) is 6.22. The van der Waals surface area contributed by atoms with Crippen molar-refractivity contribution in [2.75, 3.05) is 19.8 Å². The second kappa shape index (κ2) is 6.57. The van der Waals surface area contributed by atoms with Crippen LogP contribution in [0, 0.1) is 0 Å². The number of aromatic nitrogens is 2. The molecule has 1 aromatic heterocycles. The highest BCUT2D eigenvalue weighted by Gasteiger charge is 2.14. The summed E-state index contributed by atoms with van der Waals surface area (Å²) in [6, 6.07) is 14.0. The van der Waals surface area contributed by atoms with Gasteiger partial charge in [0.25, 0.3) is 0 Å². The molecule has 3 aromatic rings. The molecule has 0 saturated heterocycles. The van der Waals surface area contributed by atoms with Gasteiger partial charge in [0.05, 0.1) is 17.2 Å². The number of nitrogen functional groups attached to an aromatic ring is 1.